The molecule has 0 aliphatic carbocycles. The minimum absolute atomic E-state index is 0.257. The van der Waals surface area contributed by atoms with Gasteiger partial charge in [0.2, 0.25) is 0 Å². The van der Waals surface area contributed by atoms with Gasteiger partial charge in [-0.15, -0.1) is 0 Å². The number of benzene rings is 1. The highest BCUT2D eigenvalue weighted by Crippen LogP contribution is 2.11. The third-order valence-corrected chi connectivity index (χ3v) is 2.53. The van der Waals surface area contributed by atoms with Crippen LogP contribution in [0.5, 0.6) is 0 Å². The van der Waals surface area contributed by atoms with Gasteiger partial charge in [0.25, 0.3) is 5.91 Å². The lowest BCUT2D eigenvalue weighted by atomic mass is 10.2. The summed E-state index contributed by atoms with van der Waals surface area (Å²) in [5.41, 5.74) is 2.43. The number of carbonyl (C=O) groups is 2. The van der Waals surface area contributed by atoms with Crippen molar-refractivity contribution < 1.29 is 9.59 Å². The van der Waals surface area contributed by atoms with Gasteiger partial charge in [0.05, 0.1) is 0 Å². The number of nitrogens with one attached hydrogen (secondary N) is 1. The van der Waals surface area contributed by atoms with Crippen LogP contribution in [0.4, 0.5) is 5.69 Å². The SMILES string of the molecule is Cc1cccnc1C(=O)Nc1ccc(C=O)cc1. The predicted octanol–water partition coefficient (Wildman–Crippen LogP) is 2.45. The average Bonchev–Trinajstić information content (AvgIpc) is 2.40. The molecule has 0 bridgehead atoms. The third kappa shape index (κ3) is 2.60. The molecule has 0 saturated heterocycles. The van der Waals surface area contributed by atoms with E-state index < -0.39 is 0 Å². The van der Waals surface area contributed by atoms with Crippen molar-refractivity contribution in [3.8, 4) is 0 Å². The van der Waals surface area contributed by atoms with Gasteiger partial charge in [0, 0.05) is 17.4 Å². The Balaban J connectivity index is 2.16. The van der Waals surface area contributed by atoms with Gasteiger partial charge in [-0.1, -0.05) is 6.07 Å². The summed E-state index contributed by atoms with van der Waals surface area (Å²) < 4.78 is 0. The number of nitrogens with zero attached hydrogens (tertiary/aromatic N) is 1. The molecule has 18 heavy (non-hydrogen) atoms. The molecule has 0 unspecified atom stereocenters. The highest BCUT2D eigenvalue weighted by atomic mass is 16.1. The molecule has 90 valence electrons. The summed E-state index contributed by atoms with van der Waals surface area (Å²) in [7, 11) is 0. The van der Waals surface area contributed by atoms with Crippen molar-refractivity contribution in [1.82, 2.24) is 4.98 Å². The topological polar surface area (TPSA) is 59.1 Å². The first-order valence-electron chi connectivity index (χ1n) is 5.49. The molecule has 2 aromatic rings. The molecule has 0 radical (unpaired) electrons. The van der Waals surface area contributed by atoms with E-state index in [2.05, 4.69) is 10.3 Å². The number of aryl methyl sites for hydroxylation is 1. The Bertz CT molecular complexity index is 577. The van der Waals surface area contributed by atoms with Crippen molar-refractivity contribution in [2.75, 3.05) is 5.32 Å². The van der Waals surface area contributed by atoms with E-state index in [1.54, 1.807) is 36.5 Å². The largest absolute Gasteiger partial charge is 0.321 e. The minimum Gasteiger partial charge on any atom is -0.321 e. The molecule has 1 heterocycles. The number of aldehydes is 1. The molecule has 0 saturated carbocycles. The summed E-state index contributed by atoms with van der Waals surface area (Å²) in [5, 5.41) is 2.73. The molecule has 0 atom stereocenters. The Morgan fingerprint density at radius 1 is 1.22 bits per heavy atom. The molecule has 0 spiro atoms. The summed E-state index contributed by atoms with van der Waals surface area (Å²) >= 11 is 0. The lowest BCUT2D eigenvalue weighted by molar-refractivity contribution is 0.102. The summed E-state index contributed by atoms with van der Waals surface area (Å²) in [6.07, 6.45) is 2.34. The maximum Gasteiger partial charge on any atom is 0.274 e. The first kappa shape index (κ1) is 12.0. The molecule has 0 aliphatic heterocycles. The second-order valence-corrected chi connectivity index (χ2v) is 3.86. The van der Waals surface area contributed by atoms with E-state index in [1.165, 1.54) is 0 Å². The lowest BCUT2D eigenvalue weighted by Crippen LogP contribution is -2.15. The lowest BCUT2D eigenvalue weighted by Gasteiger charge is -2.06. The fourth-order valence-electron chi connectivity index (χ4n) is 1.56. The van der Waals surface area contributed by atoms with Crippen molar-refractivity contribution >= 4 is 17.9 Å². The molecule has 1 N–H and O–H groups in total. The number of carbonyl (C=O) groups excluding carboxylic acids is 2. The van der Waals surface area contributed by atoms with Crippen LogP contribution in [0.1, 0.15) is 26.4 Å². The van der Waals surface area contributed by atoms with Crippen LogP contribution in [-0.4, -0.2) is 17.2 Å². The first-order valence-corrected chi connectivity index (χ1v) is 5.49. The van der Waals surface area contributed by atoms with Gasteiger partial charge in [-0.05, 0) is 42.8 Å². The summed E-state index contributed by atoms with van der Waals surface area (Å²) in [5.74, 6) is -0.257. The Morgan fingerprint density at radius 3 is 2.56 bits per heavy atom. The molecular weight excluding hydrogens is 228 g/mol. The average molecular weight is 240 g/mol. The summed E-state index contributed by atoms with van der Waals surface area (Å²) in [4.78, 5) is 26.5. The zero-order valence-electron chi connectivity index (χ0n) is 9.88. The number of pyridine rings is 1. The van der Waals surface area contributed by atoms with Crippen molar-refractivity contribution in [2.45, 2.75) is 6.92 Å². The smallest absolute Gasteiger partial charge is 0.274 e. The van der Waals surface area contributed by atoms with E-state index in [4.69, 9.17) is 0 Å². The van der Waals surface area contributed by atoms with Crippen molar-refractivity contribution in [3.05, 3.63) is 59.4 Å². The van der Waals surface area contributed by atoms with Crippen LogP contribution in [0.25, 0.3) is 0 Å². The quantitative estimate of drug-likeness (QED) is 0.838. The normalized spacial score (nSPS) is 9.83. The molecule has 0 fully saturated rings. The highest BCUT2D eigenvalue weighted by Gasteiger charge is 2.09. The predicted molar refractivity (Wildman–Crippen MR) is 68.8 cm³/mol. The van der Waals surface area contributed by atoms with Crippen LogP contribution in [0.3, 0.4) is 0 Å². The highest BCUT2D eigenvalue weighted by molar-refractivity contribution is 6.03. The molecule has 0 aliphatic rings. The van der Waals surface area contributed by atoms with Gasteiger partial charge in [-0.2, -0.15) is 0 Å². The molecule has 1 aromatic carbocycles. The second-order valence-electron chi connectivity index (χ2n) is 3.86. The monoisotopic (exact) mass is 240 g/mol. The van der Waals surface area contributed by atoms with Gasteiger partial charge in [0.15, 0.2) is 0 Å². The Kier molecular flexibility index (Phi) is 3.48. The number of rotatable bonds is 3. The van der Waals surface area contributed by atoms with E-state index in [0.717, 1.165) is 11.8 Å². The van der Waals surface area contributed by atoms with Crippen LogP contribution in [-0.2, 0) is 0 Å². The molecular formula is C14H12N2O2. The fourth-order valence-corrected chi connectivity index (χ4v) is 1.56. The number of hydrogen-bond donors (Lipinski definition) is 1. The Labute approximate surface area is 105 Å². The summed E-state index contributed by atoms with van der Waals surface area (Å²) in [6.45, 7) is 1.83. The zero-order chi connectivity index (χ0) is 13.0. The molecule has 2 rings (SSSR count). The minimum atomic E-state index is -0.257. The number of anilines is 1. The van der Waals surface area contributed by atoms with E-state index in [1.807, 2.05) is 13.0 Å². The van der Waals surface area contributed by atoms with Crippen molar-refractivity contribution in [2.24, 2.45) is 0 Å². The van der Waals surface area contributed by atoms with Crippen LogP contribution in [0.2, 0.25) is 0 Å². The van der Waals surface area contributed by atoms with Crippen molar-refractivity contribution in [3.63, 3.8) is 0 Å². The molecule has 4 nitrogen and oxygen atoms in total. The van der Waals surface area contributed by atoms with Crippen LogP contribution < -0.4 is 5.32 Å². The Hall–Kier alpha value is -2.49. The standard InChI is InChI=1S/C14H12N2O2/c1-10-3-2-8-15-13(10)14(18)16-12-6-4-11(9-17)5-7-12/h2-9H,1H3,(H,16,18). The third-order valence-electron chi connectivity index (χ3n) is 2.53. The van der Waals surface area contributed by atoms with E-state index in [-0.39, 0.29) is 5.91 Å². The molecule has 1 aromatic heterocycles. The van der Waals surface area contributed by atoms with Gasteiger partial charge < -0.3 is 5.32 Å². The van der Waals surface area contributed by atoms with E-state index in [0.29, 0.717) is 16.9 Å². The second kappa shape index (κ2) is 5.23. The fraction of sp³-hybridized carbons (Fsp3) is 0.0714. The van der Waals surface area contributed by atoms with Gasteiger partial charge in [-0.25, -0.2) is 0 Å². The number of hydrogen-bond acceptors (Lipinski definition) is 3. The number of aromatic nitrogens is 1. The molecule has 4 heteroatoms. The van der Waals surface area contributed by atoms with Gasteiger partial charge in [-0.3, -0.25) is 14.6 Å². The molecule has 1 amide bonds. The van der Waals surface area contributed by atoms with E-state index >= 15 is 0 Å². The van der Waals surface area contributed by atoms with Crippen LogP contribution >= 0.6 is 0 Å². The van der Waals surface area contributed by atoms with Gasteiger partial charge >= 0.3 is 0 Å². The first-order chi connectivity index (χ1) is 8.70. The van der Waals surface area contributed by atoms with Crippen LogP contribution in [0, 0.1) is 6.92 Å². The maximum atomic E-state index is 11.9. The van der Waals surface area contributed by atoms with Crippen molar-refractivity contribution in [1.29, 1.82) is 0 Å². The number of amides is 1. The summed E-state index contributed by atoms with van der Waals surface area (Å²) in [6, 6.07) is 10.3. The maximum absolute atomic E-state index is 11.9. The van der Waals surface area contributed by atoms with Gasteiger partial charge in [0.1, 0.15) is 12.0 Å². The Morgan fingerprint density at radius 2 is 1.94 bits per heavy atom. The van der Waals surface area contributed by atoms with Crippen LogP contribution in [0.15, 0.2) is 42.6 Å². The zero-order valence-corrected chi connectivity index (χ0v) is 9.88. The van der Waals surface area contributed by atoms with E-state index in [9.17, 15) is 9.59 Å².